The van der Waals surface area contributed by atoms with E-state index in [1.807, 2.05) is 11.0 Å². The molecule has 4 heteroatoms. The lowest BCUT2D eigenvalue weighted by Crippen LogP contribution is -2.39. The Bertz CT molecular complexity index is 499. The molecule has 1 heterocycles. The van der Waals surface area contributed by atoms with Crippen molar-refractivity contribution >= 4 is 17.3 Å². The van der Waals surface area contributed by atoms with Gasteiger partial charge in [0.15, 0.2) is 0 Å². The summed E-state index contributed by atoms with van der Waals surface area (Å²) in [7, 11) is 1.73. The van der Waals surface area contributed by atoms with Gasteiger partial charge in [0, 0.05) is 32.7 Å². The Morgan fingerprint density at radius 3 is 2.62 bits per heavy atom. The molecule has 1 aromatic carbocycles. The van der Waals surface area contributed by atoms with Crippen LogP contribution in [0, 0.1) is 5.92 Å². The van der Waals surface area contributed by atoms with Gasteiger partial charge in [-0.25, -0.2) is 0 Å². The van der Waals surface area contributed by atoms with Gasteiger partial charge in [-0.3, -0.25) is 4.79 Å². The molecule has 4 nitrogen and oxygen atoms in total. The summed E-state index contributed by atoms with van der Waals surface area (Å²) in [6.07, 6.45) is 4.33. The number of hydrogen-bond donors (Lipinski definition) is 0. The number of rotatable bonds is 4. The summed E-state index contributed by atoms with van der Waals surface area (Å²) in [6.45, 7) is 3.40. The van der Waals surface area contributed by atoms with Crippen molar-refractivity contribution in [2.45, 2.75) is 25.7 Å². The first-order valence-corrected chi connectivity index (χ1v) is 7.95. The highest BCUT2D eigenvalue weighted by atomic mass is 16.5. The van der Waals surface area contributed by atoms with Crippen LogP contribution in [0.15, 0.2) is 24.3 Å². The Hall–Kier alpha value is -1.55. The van der Waals surface area contributed by atoms with Crippen LogP contribution in [0.3, 0.4) is 0 Å². The Labute approximate surface area is 126 Å². The normalized spacial score (nSPS) is 18.9. The maximum absolute atomic E-state index is 12.7. The molecule has 0 saturated heterocycles. The van der Waals surface area contributed by atoms with Gasteiger partial charge in [0.2, 0.25) is 5.91 Å². The highest BCUT2D eigenvalue weighted by molar-refractivity contribution is 5.98. The van der Waals surface area contributed by atoms with E-state index in [0.29, 0.717) is 12.5 Å². The summed E-state index contributed by atoms with van der Waals surface area (Å²) < 4.78 is 5.22. The van der Waals surface area contributed by atoms with Crippen molar-refractivity contribution in [3.8, 4) is 0 Å². The molecule has 1 aromatic rings. The standard InChI is InChI=1S/C17H24N2O2/c1-21-13-12-18-10-5-11-19(17(20)14-6-4-7-14)16-9-3-2-8-15(16)18/h2-3,8-9,14H,4-7,10-13H2,1H3. The fourth-order valence-electron chi connectivity index (χ4n) is 3.16. The molecular formula is C17H24N2O2. The number of nitrogens with zero attached hydrogens (tertiary/aromatic N) is 2. The predicted octanol–water partition coefficient (Wildman–Crippen LogP) is 2.68. The molecule has 3 rings (SSSR count). The maximum atomic E-state index is 12.7. The monoisotopic (exact) mass is 288 g/mol. The van der Waals surface area contributed by atoms with Crippen molar-refractivity contribution in [1.29, 1.82) is 0 Å². The van der Waals surface area contributed by atoms with Crippen molar-refractivity contribution in [3.05, 3.63) is 24.3 Å². The summed E-state index contributed by atoms with van der Waals surface area (Å²) in [4.78, 5) is 17.1. The van der Waals surface area contributed by atoms with Crippen LogP contribution in [0.1, 0.15) is 25.7 Å². The molecule has 1 saturated carbocycles. The van der Waals surface area contributed by atoms with E-state index in [1.165, 1.54) is 12.1 Å². The van der Waals surface area contributed by atoms with Gasteiger partial charge in [-0.05, 0) is 31.4 Å². The van der Waals surface area contributed by atoms with Gasteiger partial charge >= 0.3 is 0 Å². The zero-order valence-corrected chi connectivity index (χ0v) is 12.8. The van der Waals surface area contributed by atoms with Crippen LogP contribution in [0.25, 0.3) is 0 Å². The van der Waals surface area contributed by atoms with Gasteiger partial charge in [-0.2, -0.15) is 0 Å². The number of anilines is 2. The molecule has 1 amide bonds. The van der Waals surface area contributed by atoms with Gasteiger partial charge in [0.05, 0.1) is 18.0 Å². The average Bonchev–Trinajstić information content (AvgIpc) is 2.63. The SMILES string of the molecule is COCCN1CCCN(C(=O)C2CCC2)c2ccccc21. The molecule has 0 atom stereocenters. The second kappa shape index (κ2) is 6.48. The maximum Gasteiger partial charge on any atom is 0.230 e. The topological polar surface area (TPSA) is 32.8 Å². The number of ether oxygens (including phenoxy) is 1. The zero-order chi connectivity index (χ0) is 14.7. The molecular weight excluding hydrogens is 264 g/mol. The number of carbonyl (C=O) groups is 1. The van der Waals surface area contributed by atoms with Crippen LogP contribution in [0.2, 0.25) is 0 Å². The molecule has 0 radical (unpaired) electrons. The highest BCUT2D eigenvalue weighted by Gasteiger charge is 2.32. The lowest BCUT2D eigenvalue weighted by molar-refractivity contribution is -0.124. The third-order valence-electron chi connectivity index (χ3n) is 4.61. The average molecular weight is 288 g/mol. The van der Waals surface area contributed by atoms with Crippen LogP contribution in [0.4, 0.5) is 11.4 Å². The van der Waals surface area contributed by atoms with Crippen molar-refractivity contribution in [2.75, 3.05) is 43.2 Å². The summed E-state index contributed by atoms with van der Waals surface area (Å²) in [5.41, 5.74) is 2.24. The fourth-order valence-corrected chi connectivity index (χ4v) is 3.16. The van der Waals surface area contributed by atoms with E-state index in [9.17, 15) is 4.79 Å². The van der Waals surface area contributed by atoms with E-state index < -0.39 is 0 Å². The van der Waals surface area contributed by atoms with Gasteiger partial charge in [0.25, 0.3) is 0 Å². The summed E-state index contributed by atoms with van der Waals surface area (Å²) in [5, 5.41) is 0. The largest absolute Gasteiger partial charge is 0.383 e. The van der Waals surface area contributed by atoms with Crippen molar-refractivity contribution in [2.24, 2.45) is 5.92 Å². The summed E-state index contributed by atoms with van der Waals surface area (Å²) >= 11 is 0. The molecule has 1 aliphatic heterocycles. The Morgan fingerprint density at radius 1 is 1.19 bits per heavy atom. The Kier molecular flexibility index (Phi) is 4.44. The molecule has 0 unspecified atom stereocenters. The number of para-hydroxylation sites is 2. The van der Waals surface area contributed by atoms with Crippen molar-refractivity contribution < 1.29 is 9.53 Å². The van der Waals surface area contributed by atoms with Gasteiger partial charge in [-0.1, -0.05) is 18.6 Å². The Balaban J connectivity index is 1.86. The third kappa shape index (κ3) is 2.91. The highest BCUT2D eigenvalue weighted by Crippen LogP contribution is 2.36. The second-order valence-corrected chi connectivity index (χ2v) is 5.94. The molecule has 1 fully saturated rings. The lowest BCUT2D eigenvalue weighted by atomic mass is 9.84. The molecule has 0 spiro atoms. The van der Waals surface area contributed by atoms with Crippen LogP contribution in [0.5, 0.6) is 0 Å². The van der Waals surface area contributed by atoms with Crippen LogP contribution >= 0.6 is 0 Å². The lowest BCUT2D eigenvalue weighted by Gasteiger charge is -2.32. The smallest absolute Gasteiger partial charge is 0.230 e. The second-order valence-electron chi connectivity index (χ2n) is 5.94. The van der Waals surface area contributed by atoms with Gasteiger partial charge < -0.3 is 14.5 Å². The van der Waals surface area contributed by atoms with Crippen LogP contribution in [-0.4, -0.2) is 39.3 Å². The number of fused-ring (bicyclic) bond motifs is 1. The summed E-state index contributed by atoms with van der Waals surface area (Å²) in [6, 6.07) is 8.28. The molecule has 0 N–H and O–H groups in total. The van der Waals surface area contributed by atoms with E-state index in [1.54, 1.807) is 7.11 Å². The summed E-state index contributed by atoms with van der Waals surface area (Å²) in [5.74, 6) is 0.575. The minimum Gasteiger partial charge on any atom is -0.383 e. The van der Waals surface area contributed by atoms with E-state index in [2.05, 4.69) is 23.1 Å². The van der Waals surface area contributed by atoms with Crippen LogP contribution in [-0.2, 0) is 9.53 Å². The van der Waals surface area contributed by atoms with Gasteiger partial charge in [0.1, 0.15) is 0 Å². The van der Waals surface area contributed by atoms with E-state index in [0.717, 1.165) is 44.6 Å². The number of methoxy groups -OCH3 is 1. The first-order chi connectivity index (χ1) is 10.3. The molecule has 21 heavy (non-hydrogen) atoms. The minimum atomic E-state index is 0.253. The first-order valence-electron chi connectivity index (χ1n) is 7.95. The first kappa shape index (κ1) is 14.4. The predicted molar refractivity (Wildman–Crippen MR) is 84.8 cm³/mol. The minimum absolute atomic E-state index is 0.253. The molecule has 2 aliphatic rings. The molecule has 0 bridgehead atoms. The Morgan fingerprint density at radius 2 is 1.95 bits per heavy atom. The van der Waals surface area contributed by atoms with E-state index in [-0.39, 0.29) is 5.92 Å². The fraction of sp³-hybridized carbons (Fsp3) is 0.588. The van der Waals surface area contributed by atoms with Crippen molar-refractivity contribution in [3.63, 3.8) is 0 Å². The van der Waals surface area contributed by atoms with E-state index >= 15 is 0 Å². The van der Waals surface area contributed by atoms with Gasteiger partial charge in [-0.15, -0.1) is 0 Å². The number of amides is 1. The third-order valence-corrected chi connectivity index (χ3v) is 4.61. The van der Waals surface area contributed by atoms with E-state index in [4.69, 9.17) is 4.74 Å². The molecule has 0 aromatic heterocycles. The zero-order valence-electron chi connectivity index (χ0n) is 12.8. The number of hydrogen-bond acceptors (Lipinski definition) is 3. The molecule has 114 valence electrons. The van der Waals surface area contributed by atoms with Crippen molar-refractivity contribution in [1.82, 2.24) is 0 Å². The number of benzene rings is 1. The number of carbonyl (C=O) groups excluding carboxylic acids is 1. The quantitative estimate of drug-likeness (QED) is 0.854. The molecule has 1 aliphatic carbocycles. The van der Waals surface area contributed by atoms with Crippen LogP contribution < -0.4 is 9.80 Å².